The van der Waals surface area contributed by atoms with Crippen molar-refractivity contribution in [3.05, 3.63) is 53.1 Å². The summed E-state index contributed by atoms with van der Waals surface area (Å²) in [6, 6.07) is 8.00. The fraction of sp³-hybridized carbons (Fsp3) is 0.318. The zero-order valence-electron chi connectivity index (χ0n) is 18.3. The number of fused-ring (bicyclic) bond motifs is 1. The molecular formula is C22H24N3O7S-. The van der Waals surface area contributed by atoms with Crippen molar-refractivity contribution in [2.45, 2.75) is 25.1 Å². The van der Waals surface area contributed by atoms with E-state index in [1.807, 2.05) is 0 Å². The normalized spacial score (nSPS) is 15.6. The Hall–Kier alpha value is -3.28. The molecule has 0 spiro atoms. The highest BCUT2D eigenvalue weighted by atomic mass is 32.2. The fourth-order valence-electron chi connectivity index (χ4n) is 3.74. The molecule has 2 aromatic carbocycles. The quantitative estimate of drug-likeness (QED) is 0.411. The SMILES string of the molecule is CCOc1cc(C(C(C)S(=O)[O-])N2C(=O)c3cccc(NC(=O)CN)c3C2=O)ccc1OC. The monoisotopic (exact) mass is 474 g/mol. The molecule has 0 bridgehead atoms. The number of ether oxygens (including phenoxy) is 2. The van der Waals surface area contributed by atoms with Gasteiger partial charge in [-0.25, -0.2) is 0 Å². The lowest BCUT2D eigenvalue weighted by atomic mass is 10.0. The Morgan fingerprint density at radius 2 is 1.94 bits per heavy atom. The number of nitrogens with two attached hydrogens (primary N) is 1. The first-order valence-electron chi connectivity index (χ1n) is 10.1. The van der Waals surface area contributed by atoms with Crippen LogP contribution < -0.4 is 20.5 Å². The molecule has 11 heteroatoms. The number of imide groups is 1. The first-order valence-corrected chi connectivity index (χ1v) is 11.3. The zero-order chi connectivity index (χ0) is 24.3. The predicted octanol–water partition coefficient (Wildman–Crippen LogP) is 1.60. The maximum Gasteiger partial charge on any atom is 0.264 e. The van der Waals surface area contributed by atoms with Crippen molar-refractivity contribution in [1.82, 2.24) is 4.90 Å². The van der Waals surface area contributed by atoms with E-state index in [1.54, 1.807) is 25.1 Å². The van der Waals surface area contributed by atoms with Gasteiger partial charge >= 0.3 is 0 Å². The number of carbonyl (C=O) groups excluding carboxylic acids is 3. The maximum atomic E-state index is 13.4. The Morgan fingerprint density at radius 1 is 1.21 bits per heavy atom. The van der Waals surface area contributed by atoms with E-state index in [0.29, 0.717) is 23.7 Å². The molecule has 0 saturated heterocycles. The molecule has 2 aromatic rings. The topological polar surface area (TPSA) is 151 Å². The molecule has 0 aliphatic carbocycles. The molecule has 1 aliphatic rings. The number of carbonyl (C=O) groups is 3. The van der Waals surface area contributed by atoms with E-state index in [0.717, 1.165) is 4.90 Å². The van der Waals surface area contributed by atoms with Gasteiger partial charge < -0.3 is 25.1 Å². The Bertz CT molecular complexity index is 1120. The molecule has 176 valence electrons. The molecule has 3 unspecified atom stereocenters. The van der Waals surface area contributed by atoms with Crippen LogP contribution in [0.3, 0.4) is 0 Å². The highest BCUT2D eigenvalue weighted by Gasteiger charge is 2.44. The van der Waals surface area contributed by atoms with Crippen molar-refractivity contribution >= 4 is 34.5 Å². The van der Waals surface area contributed by atoms with Gasteiger partial charge in [-0.2, -0.15) is 0 Å². The summed E-state index contributed by atoms with van der Waals surface area (Å²) in [6.07, 6.45) is 0. The van der Waals surface area contributed by atoms with Crippen LogP contribution in [0.1, 0.15) is 46.2 Å². The van der Waals surface area contributed by atoms with E-state index in [-0.39, 0.29) is 23.4 Å². The van der Waals surface area contributed by atoms with Gasteiger partial charge in [-0.3, -0.25) is 23.5 Å². The van der Waals surface area contributed by atoms with E-state index in [1.165, 1.54) is 32.2 Å². The van der Waals surface area contributed by atoms with Crippen molar-refractivity contribution in [2.24, 2.45) is 5.73 Å². The second kappa shape index (κ2) is 10.1. The number of anilines is 1. The van der Waals surface area contributed by atoms with Crippen LogP contribution in [0.15, 0.2) is 36.4 Å². The van der Waals surface area contributed by atoms with E-state index in [9.17, 15) is 23.1 Å². The molecule has 0 fully saturated rings. The standard InChI is InChI=1S/C22H25N3O7S/c1-4-32-17-10-13(8-9-16(17)31-3)20(12(2)33(29)30)25-21(27)14-6-5-7-15(19(14)22(25)28)24-18(26)11-23/h5-10,12,20H,4,11,23H2,1-3H3,(H,24,26)(H,29,30)/p-1. The Kier molecular flexibility index (Phi) is 7.46. The van der Waals surface area contributed by atoms with Crippen molar-refractivity contribution in [2.75, 3.05) is 25.6 Å². The second-order valence-electron chi connectivity index (χ2n) is 7.21. The van der Waals surface area contributed by atoms with Crippen LogP contribution >= 0.6 is 0 Å². The van der Waals surface area contributed by atoms with Gasteiger partial charge in [0.05, 0.1) is 43.1 Å². The number of hydrogen-bond acceptors (Lipinski definition) is 8. The molecular weight excluding hydrogens is 450 g/mol. The number of nitrogens with one attached hydrogen (secondary N) is 1. The van der Waals surface area contributed by atoms with Gasteiger partial charge in [0.25, 0.3) is 11.8 Å². The van der Waals surface area contributed by atoms with Gasteiger partial charge in [0, 0.05) is 5.25 Å². The molecule has 10 nitrogen and oxygen atoms in total. The molecule has 3 N–H and O–H groups in total. The van der Waals surface area contributed by atoms with Crippen LogP contribution in [0.25, 0.3) is 0 Å². The Morgan fingerprint density at radius 3 is 2.55 bits per heavy atom. The van der Waals surface area contributed by atoms with Gasteiger partial charge in [-0.05, 0) is 54.8 Å². The van der Waals surface area contributed by atoms with E-state index < -0.39 is 40.1 Å². The van der Waals surface area contributed by atoms with Crippen molar-refractivity contribution < 1.29 is 32.6 Å². The molecule has 1 aliphatic heterocycles. The van der Waals surface area contributed by atoms with E-state index in [2.05, 4.69) is 5.32 Å². The summed E-state index contributed by atoms with van der Waals surface area (Å²) in [6.45, 7) is 3.19. The minimum Gasteiger partial charge on any atom is -0.772 e. The summed E-state index contributed by atoms with van der Waals surface area (Å²) in [5.74, 6) is -1.17. The van der Waals surface area contributed by atoms with Crippen LogP contribution in [0.5, 0.6) is 11.5 Å². The average Bonchev–Trinajstić information content (AvgIpc) is 3.05. The van der Waals surface area contributed by atoms with E-state index >= 15 is 0 Å². The minimum atomic E-state index is -2.62. The van der Waals surface area contributed by atoms with Gasteiger partial charge in [0.15, 0.2) is 11.5 Å². The van der Waals surface area contributed by atoms with Gasteiger partial charge in [-0.1, -0.05) is 12.1 Å². The van der Waals surface area contributed by atoms with Gasteiger partial charge in [-0.15, -0.1) is 0 Å². The van der Waals surface area contributed by atoms with Crippen molar-refractivity contribution in [1.29, 1.82) is 0 Å². The lowest BCUT2D eigenvalue weighted by Gasteiger charge is -2.33. The lowest BCUT2D eigenvalue weighted by molar-refractivity contribution is -0.114. The third-order valence-electron chi connectivity index (χ3n) is 5.26. The Labute approximate surface area is 193 Å². The first kappa shape index (κ1) is 24.4. The van der Waals surface area contributed by atoms with Crippen molar-refractivity contribution in [3.63, 3.8) is 0 Å². The number of hydrogen-bond donors (Lipinski definition) is 2. The van der Waals surface area contributed by atoms with Crippen molar-refractivity contribution in [3.8, 4) is 11.5 Å². The van der Waals surface area contributed by atoms with Crippen LogP contribution in [0.2, 0.25) is 0 Å². The molecule has 3 amide bonds. The highest BCUT2D eigenvalue weighted by molar-refractivity contribution is 7.79. The summed E-state index contributed by atoms with van der Waals surface area (Å²) in [5, 5.41) is 1.37. The molecule has 3 atom stereocenters. The smallest absolute Gasteiger partial charge is 0.264 e. The number of nitrogens with zero attached hydrogens (tertiary/aromatic N) is 1. The Balaban J connectivity index is 2.13. The molecule has 33 heavy (non-hydrogen) atoms. The average molecular weight is 475 g/mol. The highest BCUT2D eigenvalue weighted by Crippen LogP contribution is 2.40. The third kappa shape index (κ3) is 4.61. The molecule has 0 radical (unpaired) electrons. The lowest BCUT2D eigenvalue weighted by Crippen LogP contribution is -2.41. The van der Waals surface area contributed by atoms with Gasteiger partial charge in [0.1, 0.15) is 0 Å². The zero-order valence-corrected chi connectivity index (χ0v) is 19.1. The summed E-state index contributed by atoms with van der Waals surface area (Å²) >= 11 is -2.62. The van der Waals surface area contributed by atoms with Crippen LogP contribution in [0.4, 0.5) is 5.69 Å². The predicted molar refractivity (Wildman–Crippen MR) is 120 cm³/mol. The third-order valence-corrected chi connectivity index (χ3v) is 6.13. The fourth-order valence-corrected chi connectivity index (χ4v) is 4.23. The molecule has 0 aromatic heterocycles. The first-order chi connectivity index (χ1) is 15.7. The number of methoxy groups -OCH3 is 1. The number of rotatable bonds is 9. The van der Waals surface area contributed by atoms with Crippen LogP contribution in [-0.4, -0.2) is 56.9 Å². The summed E-state index contributed by atoms with van der Waals surface area (Å²) < 4.78 is 34.8. The molecule has 1 heterocycles. The van der Waals surface area contributed by atoms with Gasteiger partial charge in [0.2, 0.25) is 5.91 Å². The van der Waals surface area contributed by atoms with Crippen LogP contribution in [0, 0.1) is 0 Å². The minimum absolute atomic E-state index is 0.0169. The van der Waals surface area contributed by atoms with E-state index in [4.69, 9.17) is 15.2 Å². The maximum absolute atomic E-state index is 13.4. The summed E-state index contributed by atoms with van der Waals surface area (Å²) in [5.41, 5.74) is 5.89. The summed E-state index contributed by atoms with van der Waals surface area (Å²) in [4.78, 5) is 39.5. The molecule has 0 saturated carbocycles. The number of benzene rings is 2. The van der Waals surface area contributed by atoms with Crippen LogP contribution in [-0.2, 0) is 15.9 Å². The number of amides is 3. The molecule has 3 rings (SSSR count). The second-order valence-corrected chi connectivity index (χ2v) is 8.48. The summed E-state index contributed by atoms with van der Waals surface area (Å²) in [7, 11) is 1.46. The largest absolute Gasteiger partial charge is 0.772 e.